The SMILES string of the molecule is CCCN1CCN(CC2=CCCOC2)C[C@@H](Cc2ccccc2-c2cccnc2)C1=O. The molecule has 0 unspecified atom stereocenters. The standard InChI is InChI=1S/C26H33N3O2/c1-2-12-29-14-13-28(18-21-7-6-15-31-20-21)19-24(26(29)30)16-22-8-3-4-10-25(22)23-9-5-11-27-17-23/h3-5,7-11,17,24H,2,6,12-16,18-20H2,1H3/t24-/m1/s1. The molecule has 4 rings (SSSR count). The summed E-state index contributed by atoms with van der Waals surface area (Å²) in [7, 11) is 0. The van der Waals surface area contributed by atoms with Gasteiger partial charge in [0.1, 0.15) is 0 Å². The molecular weight excluding hydrogens is 386 g/mol. The Morgan fingerprint density at radius 1 is 1.16 bits per heavy atom. The monoisotopic (exact) mass is 419 g/mol. The van der Waals surface area contributed by atoms with Crippen LogP contribution in [0.25, 0.3) is 11.1 Å². The van der Waals surface area contributed by atoms with Crippen LogP contribution in [-0.2, 0) is 16.0 Å². The second kappa shape index (κ2) is 10.7. The third-order valence-electron chi connectivity index (χ3n) is 6.18. The second-order valence-corrected chi connectivity index (χ2v) is 8.56. The lowest BCUT2D eigenvalue weighted by molar-refractivity contribution is -0.134. The zero-order valence-electron chi connectivity index (χ0n) is 18.5. The van der Waals surface area contributed by atoms with E-state index in [2.05, 4.69) is 58.1 Å². The predicted molar refractivity (Wildman–Crippen MR) is 124 cm³/mol. The van der Waals surface area contributed by atoms with E-state index in [1.165, 1.54) is 16.7 Å². The molecule has 0 radical (unpaired) electrons. The van der Waals surface area contributed by atoms with Gasteiger partial charge in [-0.2, -0.15) is 0 Å². The van der Waals surface area contributed by atoms with Gasteiger partial charge in [-0.3, -0.25) is 14.7 Å². The van der Waals surface area contributed by atoms with E-state index in [0.717, 1.165) is 70.8 Å². The van der Waals surface area contributed by atoms with Gasteiger partial charge in [-0.25, -0.2) is 0 Å². The van der Waals surface area contributed by atoms with Gasteiger partial charge in [-0.05, 0) is 42.0 Å². The van der Waals surface area contributed by atoms with Crippen molar-refractivity contribution >= 4 is 5.91 Å². The van der Waals surface area contributed by atoms with Crippen LogP contribution >= 0.6 is 0 Å². The molecule has 5 heteroatoms. The lowest BCUT2D eigenvalue weighted by Crippen LogP contribution is -2.38. The average molecular weight is 420 g/mol. The zero-order valence-corrected chi connectivity index (χ0v) is 18.5. The molecule has 0 bridgehead atoms. The molecule has 1 aromatic heterocycles. The van der Waals surface area contributed by atoms with Crippen molar-refractivity contribution in [3.8, 4) is 11.1 Å². The lowest BCUT2D eigenvalue weighted by Gasteiger charge is -2.26. The van der Waals surface area contributed by atoms with Crippen LogP contribution in [0.5, 0.6) is 0 Å². The number of nitrogens with zero attached hydrogens (tertiary/aromatic N) is 3. The molecule has 2 aliphatic rings. The number of hydrogen-bond donors (Lipinski definition) is 0. The van der Waals surface area contributed by atoms with Gasteiger partial charge < -0.3 is 9.64 Å². The smallest absolute Gasteiger partial charge is 0.227 e. The third kappa shape index (κ3) is 5.60. The van der Waals surface area contributed by atoms with Crippen molar-refractivity contribution in [3.05, 3.63) is 66.0 Å². The first-order valence-corrected chi connectivity index (χ1v) is 11.5. The molecule has 3 heterocycles. The minimum Gasteiger partial charge on any atom is -0.377 e. The van der Waals surface area contributed by atoms with Gasteiger partial charge in [0.25, 0.3) is 0 Å². The van der Waals surface area contributed by atoms with E-state index in [1.807, 2.05) is 12.3 Å². The highest BCUT2D eigenvalue weighted by Gasteiger charge is 2.31. The molecule has 2 aromatic rings. The number of amides is 1. The van der Waals surface area contributed by atoms with Gasteiger partial charge in [0, 0.05) is 50.7 Å². The summed E-state index contributed by atoms with van der Waals surface area (Å²) in [4.78, 5) is 22.3. The summed E-state index contributed by atoms with van der Waals surface area (Å²) in [6.45, 7) is 7.93. The van der Waals surface area contributed by atoms with Crippen molar-refractivity contribution < 1.29 is 9.53 Å². The van der Waals surface area contributed by atoms with E-state index in [4.69, 9.17) is 4.74 Å². The van der Waals surface area contributed by atoms with Crippen molar-refractivity contribution in [2.45, 2.75) is 26.2 Å². The Morgan fingerprint density at radius 3 is 2.84 bits per heavy atom. The summed E-state index contributed by atoms with van der Waals surface area (Å²) in [5.41, 5.74) is 4.83. The third-order valence-corrected chi connectivity index (χ3v) is 6.18. The summed E-state index contributed by atoms with van der Waals surface area (Å²) in [5.74, 6) is 0.246. The van der Waals surface area contributed by atoms with Crippen LogP contribution in [0.2, 0.25) is 0 Å². The van der Waals surface area contributed by atoms with E-state index in [0.29, 0.717) is 5.91 Å². The molecule has 1 atom stereocenters. The molecule has 5 nitrogen and oxygen atoms in total. The number of carbonyl (C=O) groups is 1. The number of ether oxygens (including phenoxy) is 1. The van der Waals surface area contributed by atoms with Crippen molar-refractivity contribution in [3.63, 3.8) is 0 Å². The van der Waals surface area contributed by atoms with E-state index >= 15 is 0 Å². The van der Waals surface area contributed by atoms with Crippen LogP contribution in [-0.4, -0.2) is 66.6 Å². The van der Waals surface area contributed by atoms with Gasteiger partial charge in [-0.1, -0.05) is 43.3 Å². The molecule has 31 heavy (non-hydrogen) atoms. The molecule has 1 fully saturated rings. The van der Waals surface area contributed by atoms with Gasteiger partial charge in [0.05, 0.1) is 19.1 Å². The summed E-state index contributed by atoms with van der Waals surface area (Å²) in [5, 5.41) is 0. The first-order valence-electron chi connectivity index (χ1n) is 11.5. The van der Waals surface area contributed by atoms with Gasteiger partial charge in [-0.15, -0.1) is 0 Å². The second-order valence-electron chi connectivity index (χ2n) is 8.56. The molecule has 0 N–H and O–H groups in total. The van der Waals surface area contributed by atoms with Crippen LogP contribution < -0.4 is 0 Å². The van der Waals surface area contributed by atoms with E-state index < -0.39 is 0 Å². The van der Waals surface area contributed by atoms with E-state index in [1.54, 1.807) is 6.20 Å². The van der Waals surface area contributed by atoms with Crippen LogP contribution in [0.3, 0.4) is 0 Å². The number of hydrogen-bond acceptors (Lipinski definition) is 4. The molecule has 0 spiro atoms. The maximum absolute atomic E-state index is 13.5. The quantitative estimate of drug-likeness (QED) is 0.641. The van der Waals surface area contributed by atoms with Crippen LogP contribution in [0, 0.1) is 5.92 Å². The highest BCUT2D eigenvalue weighted by Crippen LogP contribution is 2.27. The lowest BCUT2D eigenvalue weighted by atomic mass is 9.91. The Bertz CT molecular complexity index is 897. The molecule has 164 valence electrons. The topological polar surface area (TPSA) is 45.7 Å². The Balaban J connectivity index is 1.57. The number of benzene rings is 1. The fourth-order valence-corrected chi connectivity index (χ4v) is 4.67. The van der Waals surface area contributed by atoms with Crippen LogP contribution in [0.4, 0.5) is 0 Å². The fraction of sp³-hybridized carbons (Fsp3) is 0.462. The molecule has 1 aromatic carbocycles. The Labute approximate surface area is 185 Å². The van der Waals surface area contributed by atoms with Crippen molar-refractivity contribution in [2.75, 3.05) is 45.9 Å². The number of pyridine rings is 1. The molecule has 2 aliphatic heterocycles. The molecule has 1 amide bonds. The van der Waals surface area contributed by atoms with Gasteiger partial charge in [0.2, 0.25) is 5.91 Å². The van der Waals surface area contributed by atoms with E-state index in [9.17, 15) is 4.79 Å². The Kier molecular flexibility index (Phi) is 7.49. The minimum atomic E-state index is -0.0445. The zero-order chi connectivity index (χ0) is 21.5. The van der Waals surface area contributed by atoms with E-state index in [-0.39, 0.29) is 5.92 Å². The molecule has 0 aliphatic carbocycles. The summed E-state index contributed by atoms with van der Waals surface area (Å²) in [6.07, 6.45) is 8.74. The largest absolute Gasteiger partial charge is 0.377 e. The Hall–Kier alpha value is -2.50. The number of aromatic nitrogens is 1. The summed E-state index contributed by atoms with van der Waals surface area (Å²) >= 11 is 0. The van der Waals surface area contributed by atoms with Crippen LogP contribution in [0.15, 0.2) is 60.4 Å². The van der Waals surface area contributed by atoms with Gasteiger partial charge >= 0.3 is 0 Å². The van der Waals surface area contributed by atoms with Gasteiger partial charge in [0.15, 0.2) is 0 Å². The van der Waals surface area contributed by atoms with Crippen molar-refractivity contribution in [1.82, 2.24) is 14.8 Å². The molecule has 0 saturated carbocycles. The predicted octanol–water partition coefficient (Wildman–Crippen LogP) is 3.81. The first-order chi connectivity index (χ1) is 15.2. The molecule has 1 saturated heterocycles. The highest BCUT2D eigenvalue weighted by atomic mass is 16.5. The maximum atomic E-state index is 13.5. The van der Waals surface area contributed by atoms with Crippen LogP contribution in [0.1, 0.15) is 25.3 Å². The molecular formula is C26H33N3O2. The minimum absolute atomic E-state index is 0.0445. The normalized spacial score (nSPS) is 20.4. The Morgan fingerprint density at radius 2 is 2.06 bits per heavy atom. The fourth-order valence-electron chi connectivity index (χ4n) is 4.67. The highest BCUT2D eigenvalue weighted by molar-refractivity contribution is 5.80. The first kappa shape index (κ1) is 21.7. The summed E-state index contributed by atoms with van der Waals surface area (Å²) in [6, 6.07) is 12.5. The van der Waals surface area contributed by atoms with Crippen molar-refractivity contribution in [1.29, 1.82) is 0 Å². The number of carbonyl (C=O) groups excluding carboxylic acids is 1. The summed E-state index contributed by atoms with van der Waals surface area (Å²) < 4.78 is 5.64. The maximum Gasteiger partial charge on any atom is 0.227 e. The number of rotatable bonds is 7. The average Bonchev–Trinajstić information content (AvgIpc) is 2.95. The van der Waals surface area contributed by atoms with Crippen molar-refractivity contribution in [2.24, 2.45) is 5.92 Å².